The number of oxazole rings is 1. The predicted octanol–water partition coefficient (Wildman–Crippen LogP) is 1.33. The van der Waals surface area contributed by atoms with Gasteiger partial charge in [-0.25, -0.2) is 4.98 Å². The number of benzene rings is 1. The van der Waals surface area contributed by atoms with Crippen molar-refractivity contribution in [3.05, 3.63) is 24.1 Å². The van der Waals surface area contributed by atoms with Crippen LogP contribution >= 0.6 is 0 Å². The summed E-state index contributed by atoms with van der Waals surface area (Å²) in [6.07, 6.45) is 0. The van der Waals surface area contributed by atoms with Gasteiger partial charge in [0.25, 0.3) is 0 Å². The van der Waals surface area contributed by atoms with Gasteiger partial charge in [0, 0.05) is 6.07 Å². The van der Waals surface area contributed by atoms with Crippen molar-refractivity contribution in [2.45, 2.75) is 6.61 Å². The summed E-state index contributed by atoms with van der Waals surface area (Å²) in [6, 6.07) is 5.31. The molecule has 4 heteroatoms. The van der Waals surface area contributed by atoms with Crippen LogP contribution in [0.15, 0.2) is 22.6 Å². The Balaban J connectivity index is 2.57. The maximum absolute atomic E-state index is 8.78. The maximum Gasteiger partial charge on any atom is 0.221 e. The van der Waals surface area contributed by atoms with Gasteiger partial charge in [0.05, 0.1) is 7.11 Å². The van der Waals surface area contributed by atoms with E-state index in [9.17, 15) is 0 Å². The summed E-state index contributed by atoms with van der Waals surface area (Å²) in [5, 5.41) is 8.78. The van der Waals surface area contributed by atoms with Crippen LogP contribution in [0, 0.1) is 0 Å². The SMILES string of the molecule is COc1ccc2oc(CO)nc2c1. The Bertz CT molecular complexity index is 420. The highest BCUT2D eigenvalue weighted by atomic mass is 16.5. The standard InChI is InChI=1S/C9H9NO3/c1-12-6-2-3-8-7(4-6)10-9(5-11)13-8/h2-4,11H,5H2,1H3. The van der Waals surface area contributed by atoms with E-state index in [4.69, 9.17) is 14.3 Å². The lowest BCUT2D eigenvalue weighted by atomic mass is 10.3. The highest BCUT2D eigenvalue weighted by molar-refractivity contribution is 5.74. The van der Waals surface area contributed by atoms with E-state index in [2.05, 4.69) is 4.98 Å². The molecule has 0 atom stereocenters. The molecular weight excluding hydrogens is 170 g/mol. The van der Waals surface area contributed by atoms with Crippen molar-refractivity contribution in [3.8, 4) is 5.75 Å². The van der Waals surface area contributed by atoms with Gasteiger partial charge in [0.1, 0.15) is 17.9 Å². The third kappa shape index (κ3) is 1.36. The molecule has 0 spiro atoms. The topological polar surface area (TPSA) is 55.5 Å². The Kier molecular flexibility index (Phi) is 1.90. The van der Waals surface area contributed by atoms with Crippen LogP contribution in [0.3, 0.4) is 0 Å². The van der Waals surface area contributed by atoms with E-state index in [0.29, 0.717) is 17.0 Å². The van der Waals surface area contributed by atoms with Crippen LogP contribution in [0.5, 0.6) is 5.75 Å². The molecule has 1 aromatic carbocycles. The summed E-state index contributed by atoms with van der Waals surface area (Å²) in [5.74, 6) is 1.05. The number of hydrogen-bond acceptors (Lipinski definition) is 4. The molecular formula is C9H9NO3. The molecule has 2 aromatic rings. The average Bonchev–Trinajstić information content (AvgIpc) is 2.58. The normalized spacial score (nSPS) is 10.6. The van der Waals surface area contributed by atoms with E-state index in [-0.39, 0.29) is 6.61 Å². The second-order valence-electron chi connectivity index (χ2n) is 2.60. The minimum atomic E-state index is -0.184. The lowest BCUT2D eigenvalue weighted by Crippen LogP contribution is -1.81. The van der Waals surface area contributed by atoms with Crippen LogP contribution < -0.4 is 4.74 Å². The number of ether oxygens (including phenoxy) is 1. The van der Waals surface area contributed by atoms with Crippen LogP contribution in [0.4, 0.5) is 0 Å². The highest BCUT2D eigenvalue weighted by Crippen LogP contribution is 2.20. The molecule has 0 amide bonds. The Labute approximate surface area is 74.8 Å². The van der Waals surface area contributed by atoms with Crippen LogP contribution in [-0.2, 0) is 6.61 Å². The van der Waals surface area contributed by atoms with Gasteiger partial charge in [0.2, 0.25) is 5.89 Å². The Morgan fingerprint density at radius 2 is 2.38 bits per heavy atom. The number of aromatic nitrogens is 1. The van der Waals surface area contributed by atoms with Crippen molar-refractivity contribution in [1.82, 2.24) is 4.98 Å². The van der Waals surface area contributed by atoms with Gasteiger partial charge >= 0.3 is 0 Å². The summed E-state index contributed by atoms with van der Waals surface area (Å²) in [6.45, 7) is -0.184. The lowest BCUT2D eigenvalue weighted by Gasteiger charge is -1.95. The monoisotopic (exact) mass is 179 g/mol. The Morgan fingerprint density at radius 1 is 1.54 bits per heavy atom. The lowest BCUT2D eigenvalue weighted by molar-refractivity contribution is 0.244. The molecule has 2 rings (SSSR count). The molecule has 0 saturated carbocycles. The van der Waals surface area contributed by atoms with Gasteiger partial charge in [-0.2, -0.15) is 0 Å². The number of aliphatic hydroxyl groups excluding tert-OH is 1. The second-order valence-corrected chi connectivity index (χ2v) is 2.60. The highest BCUT2D eigenvalue weighted by Gasteiger charge is 2.04. The maximum atomic E-state index is 8.78. The number of rotatable bonds is 2. The van der Waals surface area contributed by atoms with Crippen LogP contribution in [0.25, 0.3) is 11.1 Å². The minimum absolute atomic E-state index is 0.184. The zero-order valence-electron chi connectivity index (χ0n) is 7.15. The van der Waals surface area contributed by atoms with Gasteiger partial charge in [0.15, 0.2) is 5.58 Å². The first-order valence-electron chi connectivity index (χ1n) is 3.88. The molecule has 68 valence electrons. The molecule has 0 saturated heterocycles. The van der Waals surface area contributed by atoms with Crippen molar-refractivity contribution < 1.29 is 14.3 Å². The number of nitrogens with zero attached hydrogens (tertiary/aromatic N) is 1. The average molecular weight is 179 g/mol. The van der Waals surface area contributed by atoms with Crippen LogP contribution in [0.2, 0.25) is 0 Å². The molecule has 1 heterocycles. The van der Waals surface area contributed by atoms with E-state index in [0.717, 1.165) is 5.75 Å². The van der Waals surface area contributed by atoms with E-state index in [1.165, 1.54) is 0 Å². The van der Waals surface area contributed by atoms with Crippen LogP contribution in [-0.4, -0.2) is 17.2 Å². The van der Waals surface area contributed by atoms with Gasteiger partial charge in [-0.1, -0.05) is 0 Å². The summed E-state index contributed by atoms with van der Waals surface area (Å²) in [5.41, 5.74) is 1.35. The molecule has 0 aliphatic rings. The third-order valence-electron chi connectivity index (χ3n) is 1.77. The first-order valence-corrected chi connectivity index (χ1v) is 3.88. The molecule has 1 aromatic heterocycles. The quantitative estimate of drug-likeness (QED) is 0.755. The fourth-order valence-electron chi connectivity index (χ4n) is 1.15. The molecule has 0 bridgehead atoms. The molecule has 0 unspecified atom stereocenters. The molecule has 0 fully saturated rings. The number of hydrogen-bond donors (Lipinski definition) is 1. The zero-order chi connectivity index (χ0) is 9.26. The number of methoxy groups -OCH3 is 1. The smallest absolute Gasteiger partial charge is 0.221 e. The predicted molar refractivity (Wildman–Crippen MR) is 46.5 cm³/mol. The zero-order valence-corrected chi connectivity index (χ0v) is 7.15. The number of fused-ring (bicyclic) bond motifs is 1. The Hall–Kier alpha value is -1.55. The molecule has 0 radical (unpaired) electrons. The van der Waals surface area contributed by atoms with Crippen molar-refractivity contribution in [2.24, 2.45) is 0 Å². The molecule has 0 aliphatic heterocycles. The fraction of sp³-hybridized carbons (Fsp3) is 0.222. The van der Waals surface area contributed by atoms with Crippen molar-refractivity contribution in [1.29, 1.82) is 0 Å². The fourth-order valence-corrected chi connectivity index (χ4v) is 1.15. The van der Waals surface area contributed by atoms with Crippen molar-refractivity contribution in [3.63, 3.8) is 0 Å². The molecule has 4 nitrogen and oxygen atoms in total. The van der Waals surface area contributed by atoms with E-state index < -0.39 is 0 Å². The first-order chi connectivity index (χ1) is 6.33. The van der Waals surface area contributed by atoms with Gasteiger partial charge in [-0.15, -0.1) is 0 Å². The van der Waals surface area contributed by atoms with Crippen molar-refractivity contribution >= 4 is 11.1 Å². The van der Waals surface area contributed by atoms with E-state index in [1.54, 1.807) is 25.3 Å². The first kappa shape index (κ1) is 8.07. The molecule has 1 N–H and O–H groups in total. The number of aliphatic hydroxyl groups is 1. The molecule has 0 aliphatic carbocycles. The summed E-state index contributed by atoms with van der Waals surface area (Å²) in [4.78, 5) is 4.04. The van der Waals surface area contributed by atoms with E-state index >= 15 is 0 Å². The molecule has 13 heavy (non-hydrogen) atoms. The third-order valence-corrected chi connectivity index (χ3v) is 1.77. The van der Waals surface area contributed by atoms with Gasteiger partial charge in [-0.3, -0.25) is 0 Å². The summed E-state index contributed by atoms with van der Waals surface area (Å²) in [7, 11) is 1.59. The summed E-state index contributed by atoms with van der Waals surface area (Å²) >= 11 is 0. The van der Waals surface area contributed by atoms with Gasteiger partial charge in [-0.05, 0) is 12.1 Å². The van der Waals surface area contributed by atoms with Crippen LogP contribution in [0.1, 0.15) is 5.89 Å². The van der Waals surface area contributed by atoms with Gasteiger partial charge < -0.3 is 14.3 Å². The Morgan fingerprint density at radius 3 is 3.08 bits per heavy atom. The summed E-state index contributed by atoms with van der Waals surface area (Å²) < 4.78 is 10.2. The van der Waals surface area contributed by atoms with Crippen molar-refractivity contribution in [2.75, 3.05) is 7.11 Å². The largest absolute Gasteiger partial charge is 0.497 e. The minimum Gasteiger partial charge on any atom is -0.497 e. The van der Waals surface area contributed by atoms with E-state index in [1.807, 2.05) is 0 Å². The second kappa shape index (κ2) is 3.06.